The number of nitrogens with zero attached hydrogens (tertiary/aromatic N) is 1. The molecule has 0 spiro atoms. The van der Waals surface area contributed by atoms with Crippen LogP contribution in [0.4, 0.5) is 13.2 Å². The number of carbonyl (C=O) groups is 3. The zero-order valence-corrected chi connectivity index (χ0v) is 16.8. The number of esters is 1. The van der Waals surface area contributed by atoms with Crippen LogP contribution in [0.15, 0.2) is 59.1 Å². The molecule has 0 fully saturated rings. The molecule has 0 radical (unpaired) electrons. The van der Waals surface area contributed by atoms with Crippen LogP contribution in [0.5, 0.6) is 0 Å². The molecule has 6 nitrogen and oxygen atoms in total. The van der Waals surface area contributed by atoms with E-state index in [1.165, 1.54) is 24.4 Å². The lowest BCUT2D eigenvalue weighted by atomic mass is 9.89. The summed E-state index contributed by atoms with van der Waals surface area (Å²) in [5.74, 6) is -3.94. The molecule has 0 aliphatic carbocycles. The van der Waals surface area contributed by atoms with E-state index in [0.29, 0.717) is 5.56 Å². The zero-order chi connectivity index (χ0) is 22.1. The predicted octanol–water partition coefficient (Wildman–Crippen LogP) is 3.27. The smallest absolute Gasteiger partial charge is 0.425 e. The number of hydrogen-bond acceptors (Lipinski definition) is 5. The molecule has 158 valence electrons. The maximum atomic E-state index is 14.4. The summed E-state index contributed by atoms with van der Waals surface area (Å²) >= 11 is 0.908. The van der Waals surface area contributed by atoms with Gasteiger partial charge in [0.25, 0.3) is 17.4 Å². The largest absolute Gasteiger partial charge is 0.466 e. The van der Waals surface area contributed by atoms with Crippen molar-refractivity contribution in [1.29, 1.82) is 0 Å². The van der Waals surface area contributed by atoms with E-state index in [2.05, 4.69) is 4.74 Å². The molecular weight excluding hydrogens is 421 g/mol. The van der Waals surface area contributed by atoms with Crippen LogP contribution in [0, 0.1) is 0 Å². The van der Waals surface area contributed by atoms with Crippen LogP contribution in [0.2, 0.25) is 0 Å². The molecular formula is C20H17F3N2O4S. The first kappa shape index (κ1) is 21.6. The first-order valence-electron chi connectivity index (χ1n) is 8.71. The topological polar surface area (TPSA) is 75.7 Å². The highest BCUT2D eigenvalue weighted by Crippen LogP contribution is 2.45. The fourth-order valence-electron chi connectivity index (χ4n) is 3.32. The summed E-state index contributed by atoms with van der Waals surface area (Å²) in [6.45, 7) is 1.01. The Bertz CT molecular complexity index is 1000. The second-order valence-corrected chi connectivity index (χ2v) is 7.46. The molecule has 0 unspecified atom stereocenters. The minimum absolute atomic E-state index is 0.0326. The highest BCUT2D eigenvalue weighted by Gasteiger charge is 2.71. The number of methoxy groups -OCH3 is 1. The molecule has 10 heteroatoms. The number of amides is 2. The number of ether oxygens (including phenoxy) is 1. The standard InChI is InChI=1S/C20H17F3N2O4S/c1-12-15(17(27)29-2)19(20(21,22)23,24-16(26)14-9-6-10-30-14)18(28)25(12)11-13-7-4-3-5-8-13/h3-10H,11H2,1-2H3,(H,24,26)/t19-/m0/s1. The molecule has 2 aromatic rings. The van der Waals surface area contributed by atoms with E-state index < -0.39 is 35.1 Å². The lowest BCUT2D eigenvalue weighted by Gasteiger charge is -2.32. The van der Waals surface area contributed by atoms with E-state index in [1.807, 2.05) is 0 Å². The highest BCUT2D eigenvalue weighted by atomic mass is 32.1. The van der Waals surface area contributed by atoms with Crippen LogP contribution in [0.3, 0.4) is 0 Å². The van der Waals surface area contributed by atoms with E-state index >= 15 is 0 Å². The molecule has 2 heterocycles. The van der Waals surface area contributed by atoms with Crippen molar-refractivity contribution < 1.29 is 32.3 Å². The Hall–Kier alpha value is -3.14. The molecule has 1 atom stereocenters. The third-order valence-corrected chi connectivity index (χ3v) is 5.62. The van der Waals surface area contributed by atoms with Crippen molar-refractivity contribution in [2.45, 2.75) is 25.2 Å². The summed E-state index contributed by atoms with van der Waals surface area (Å²) < 4.78 is 47.7. The van der Waals surface area contributed by atoms with E-state index in [-0.39, 0.29) is 17.1 Å². The second kappa shape index (κ2) is 7.94. The van der Waals surface area contributed by atoms with Gasteiger partial charge in [-0.3, -0.25) is 9.59 Å². The van der Waals surface area contributed by atoms with Gasteiger partial charge in [-0.05, 0) is 23.9 Å². The number of carbonyl (C=O) groups excluding carboxylic acids is 3. The van der Waals surface area contributed by atoms with E-state index in [1.54, 1.807) is 35.6 Å². The fraction of sp³-hybridized carbons (Fsp3) is 0.250. The monoisotopic (exact) mass is 438 g/mol. The van der Waals surface area contributed by atoms with Gasteiger partial charge in [0.2, 0.25) is 0 Å². The summed E-state index contributed by atoms with van der Waals surface area (Å²) in [6, 6.07) is 11.1. The lowest BCUT2D eigenvalue weighted by molar-refractivity contribution is -0.192. The van der Waals surface area contributed by atoms with Crippen LogP contribution >= 0.6 is 11.3 Å². The minimum Gasteiger partial charge on any atom is -0.466 e. The van der Waals surface area contributed by atoms with Crippen LogP contribution in [0.25, 0.3) is 0 Å². The summed E-state index contributed by atoms with van der Waals surface area (Å²) in [5.41, 5.74) is -4.19. The van der Waals surface area contributed by atoms with Crippen LogP contribution in [0.1, 0.15) is 22.2 Å². The Kier molecular flexibility index (Phi) is 5.71. The summed E-state index contributed by atoms with van der Waals surface area (Å²) in [5, 5.41) is 3.30. The number of allylic oxidation sites excluding steroid dienone is 1. The average Bonchev–Trinajstić information content (AvgIpc) is 3.31. The van der Waals surface area contributed by atoms with Crippen molar-refractivity contribution >= 4 is 29.1 Å². The summed E-state index contributed by atoms with van der Waals surface area (Å²) in [4.78, 5) is 38.9. The van der Waals surface area contributed by atoms with Gasteiger partial charge in [0.05, 0.1) is 18.5 Å². The van der Waals surface area contributed by atoms with Gasteiger partial charge in [-0.15, -0.1) is 11.3 Å². The Morgan fingerprint density at radius 3 is 2.37 bits per heavy atom. The number of hydrogen-bond donors (Lipinski definition) is 1. The molecule has 1 aliphatic heterocycles. The van der Waals surface area contributed by atoms with Gasteiger partial charge in [-0.25, -0.2) is 4.79 Å². The Balaban J connectivity index is 2.14. The summed E-state index contributed by atoms with van der Waals surface area (Å²) in [7, 11) is 0.912. The van der Waals surface area contributed by atoms with Crippen LogP contribution in [-0.4, -0.2) is 41.5 Å². The number of benzene rings is 1. The molecule has 1 aromatic carbocycles. The number of rotatable bonds is 5. The maximum absolute atomic E-state index is 14.4. The molecule has 0 saturated heterocycles. The van der Waals surface area contributed by atoms with Crippen molar-refractivity contribution in [2.75, 3.05) is 7.11 Å². The molecule has 0 bridgehead atoms. The Labute approximate surface area is 173 Å². The van der Waals surface area contributed by atoms with Gasteiger partial charge >= 0.3 is 12.1 Å². The van der Waals surface area contributed by atoms with E-state index in [4.69, 9.17) is 0 Å². The molecule has 30 heavy (non-hydrogen) atoms. The van der Waals surface area contributed by atoms with Gasteiger partial charge in [0, 0.05) is 5.70 Å². The van der Waals surface area contributed by atoms with E-state index in [9.17, 15) is 27.6 Å². The summed E-state index contributed by atoms with van der Waals surface area (Å²) in [6.07, 6.45) is -5.30. The van der Waals surface area contributed by atoms with Crippen molar-refractivity contribution in [3.05, 3.63) is 69.6 Å². The molecule has 2 amide bonds. The molecule has 0 saturated carbocycles. The molecule has 3 rings (SSSR count). The number of halogens is 3. The molecule has 1 aromatic heterocycles. The van der Waals surface area contributed by atoms with Gasteiger partial charge in [-0.2, -0.15) is 13.2 Å². The quantitative estimate of drug-likeness (QED) is 0.728. The Morgan fingerprint density at radius 1 is 1.17 bits per heavy atom. The van der Waals surface area contributed by atoms with Crippen molar-refractivity contribution in [3.63, 3.8) is 0 Å². The number of alkyl halides is 3. The highest BCUT2D eigenvalue weighted by molar-refractivity contribution is 7.12. The Morgan fingerprint density at radius 2 is 1.83 bits per heavy atom. The first-order valence-corrected chi connectivity index (χ1v) is 9.59. The van der Waals surface area contributed by atoms with Crippen LogP contribution in [-0.2, 0) is 20.9 Å². The SMILES string of the molecule is COC(=O)C1=C(C)N(Cc2ccccc2)C(=O)[C@]1(NC(=O)c1cccs1)C(F)(F)F. The normalized spacial score (nSPS) is 19.2. The minimum atomic E-state index is -5.30. The van der Waals surface area contributed by atoms with Gasteiger partial charge in [0.1, 0.15) is 5.57 Å². The zero-order valence-electron chi connectivity index (χ0n) is 15.9. The maximum Gasteiger partial charge on any atom is 0.425 e. The predicted molar refractivity (Wildman–Crippen MR) is 102 cm³/mol. The second-order valence-electron chi connectivity index (χ2n) is 6.51. The number of nitrogens with one attached hydrogen (secondary N) is 1. The van der Waals surface area contributed by atoms with Gasteiger partial charge in [-0.1, -0.05) is 36.4 Å². The lowest BCUT2D eigenvalue weighted by Crippen LogP contribution is -2.66. The third-order valence-electron chi connectivity index (χ3n) is 4.75. The van der Waals surface area contributed by atoms with Gasteiger partial charge < -0.3 is 15.0 Å². The third kappa shape index (κ3) is 3.47. The van der Waals surface area contributed by atoms with Crippen molar-refractivity contribution in [3.8, 4) is 0 Å². The van der Waals surface area contributed by atoms with Crippen molar-refractivity contribution in [1.82, 2.24) is 10.2 Å². The van der Waals surface area contributed by atoms with Crippen molar-refractivity contribution in [2.24, 2.45) is 0 Å². The average molecular weight is 438 g/mol. The van der Waals surface area contributed by atoms with Crippen LogP contribution < -0.4 is 5.32 Å². The molecule has 1 N–H and O–H groups in total. The fourth-order valence-corrected chi connectivity index (χ4v) is 3.94. The van der Waals surface area contributed by atoms with E-state index in [0.717, 1.165) is 23.3 Å². The van der Waals surface area contributed by atoms with Gasteiger partial charge in [0.15, 0.2) is 0 Å². The molecule has 1 aliphatic rings. The number of thiophene rings is 1. The first-order chi connectivity index (χ1) is 14.1.